The van der Waals surface area contributed by atoms with Gasteiger partial charge in [0.05, 0.1) is 6.61 Å². The van der Waals surface area contributed by atoms with Crippen LogP contribution in [0.5, 0.6) is 0 Å². The molecule has 0 radical (unpaired) electrons. The van der Waals surface area contributed by atoms with Crippen molar-refractivity contribution in [2.45, 2.75) is 38.4 Å². The van der Waals surface area contributed by atoms with Crippen LogP contribution in [0.4, 0.5) is 0 Å². The van der Waals surface area contributed by atoms with E-state index in [0.29, 0.717) is 31.3 Å². The molecule has 0 N–H and O–H groups in total. The van der Waals surface area contributed by atoms with E-state index in [9.17, 15) is 8.42 Å². The highest BCUT2D eigenvalue weighted by molar-refractivity contribution is 8.13. The molecule has 0 aliphatic carbocycles. The largest absolute Gasteiger partial charge is 0.383 e. The Labute approximate surface area is 112 Å². The number of hydrogen-bond acceptors (Lipinski definition) is 5. The molecule has 1 aromatic rings. The molecule has 0 saturated carbocycles. The van der Waals surface area contributed by atoms with Crippen LogP contribution in [0, 0.1) is 5.92 Å². The van der Waals surface area contributed by atoms with Gasteiger partial charge in [-0.3, -0.25) is 4.57 Å². The molecule has 0 spiro atoms. The van der Waals surface area contributed by atoms with Gasteiger partial charge in [0.15, 0.2) is 0 Å². The van der Waals surface area contributed by atoms with E-state index in [4.69, 9.17) is 15.4 Å². The van der Waals surface area contributed by atoms with E-state index in [2.05, 4.69) is 24.0 Å². The molecule has 8 heteroatoms. The van der Waals surface area contributed by atoms with E-state index in [1.165, 1.54) is 4.57 Å². The maximum Gasteiger partial charge on any atom is 0.296 e. The summed E-state index contributed by atoms with van der Waals surface area (Å²) < 4.78 is 29.2. The summed E-state index contributed by atoms with van der Waals surface area (Å²) >= 11 is 0. The molecule has 18 heavy (non-hydrogen) atoms. The Morgan fingerprint density at radius 3 is 2.61 bits per heavy atom. The van der Waals surface area contributed by atoms with Crippen molar-refractivity contribution in [3.05, 3.63) is 5.82 Å². The molecule has 1 atom stereocenters. The van der Waals surface area contributed by atoms with Crippen molar-refractivity contribution in [1.29, 1.82) is 0 Å². The van der Waals surface area contributed by atoms with Crippen molar-refractivity contribution in [1.82, 2.24) is 14.8 Å². The molecule has 0 aromatic carbocycles. The molecule has 6 nitrogen and oxygen atoms in total. The lowest BCUT2D eigenvalue weighted by Gasteiger charge is -2.11. The van der Waals surface area contributed by atoms with Crippen LogP contribution in [0.3, 0.4) is 0 Å². The minimum Gasteiger partial charge on any atom is -0.383 e. The molecule has 0 aliphatic heterocycles. The molecule has 1 aromatic heterocycles. The number of ether oxygens (including phenoxy) is 1. The zero-order valence-corrected chi connectivity index (χ0v) is 12.3. The molecule has 0 aliphatic rings. The third kappa shape index (κ3) is 3.93. The normalized spacial score (nSPS) is 13.8. The standard InChI is InChI=1S/C10H18ClN3O3S/c1-4-8(2)7-9-12-13-10(18(11,15)16)14(9)5-6-17-3/h8H,4-7H2,1-3H3. The average molecular weight is 296 g/mol. The van der Waals surface area contributed by atoms with Gasteiger partial charge in [-0.1, -0.05) is 20.3 Å². The fraction of sp³-hybridized carbons (Fsp3) is 0.800. The van der Waals surface area contributed by atoms with Gasteiger partial charge in [-0.05, 0) is 5.92 Å². The lowest BCUT2D eigenvalue weighted by atomic mass is 10.1. The Morgan fingerprint density at radius 1 is 1.44 bits per heavy atom. The van der Waals surface area contributed by atoms with Crippen LogP contribution >= 0.6 is 10.7 Å². The predicted octanol–water partition coefficient (Wildman–Crippen LogP) is 1.44. The fourth-order valence-electron chi connectivity index (χ4n) is 1.51. The number of rotatable bonds is 7. The van der Waals surface area contributed by atoms with Gasteiger partial charge in [0.1, 0.15) is 5.82 Å². The van der Waals surface area contributed by atoms with Gasteiger partial charge in [-0.2, -0.15) is 0 Å². The third-order valence-electron chi connectivity index (χ3n) is 2.76. The monoisotopic (exact) mass is 295 g/mol. The zero-order chi connectivity index (χ0) is 13.8. The van der Waals surface area contributed by atoms with Gasteiger partial charge >= 0.3 is 0 Å². The number of nitrogens with zero attached hydrogens (tertiary/aromatic N) is 3. The summed E-state index contributed by atoms with van der Waals surface area (Å²) in [4.78, 5) is 0. The van der Waals surface area contributed by atoms with Crippen molar-refractivity contribution in [3.8, 4) is 0 Å². The molecule has 1 heterocycles. The summed E-state index contributed by atoms with van der Waals surface area (Å²) in [6.07, 6.45) is 1.65. The number of halogens is 1. The Balaban J connectivity index is 3.07. The highest BCUT2D eigenvalue weighted by Crippen LogP contribution is 2.17. The predicted molar refractivity (Wildman–Crippen MR) is 68.1 cm³/mol. The second-order valence-electron chi connectivity index (χ2n) is 4.20. The van der Waals surface area contributed by atoms with Gasteiger partial charge in [0.25, 0.3) is 14.2 Å². The summed E-state index contributed by atoms with van der Waals surface area (Å²) in [5, 5.41) is 7.37. The van der Waals surface area contributed by atoms with Gasteiger partial charge in [-0.15, -0.1) is 10.2 Å². The highest BCUT2D eigenvalue weighted by Gasteiger charge is 2.22. The van der Waals surface area contributed by atoms with Crippen molar-refractivity contribution < 1.29 is 13.2 Å². The lowest BCUT2D eigenvalue weighted by Crippen LogP contribution is -2.14. The first-order chi connectivity index (χ1) is 8.40. The van der Waals surface area contributed by atoms with Crippen LogP contribution in [0.2, 0.25) is 0 Å². The number of methoxy groups -OCH3 is 1. The van der Waals surface area contributed by atoms with Gasteiger partial charge in [0, 0.05) is 30.8 Å². The SMILES string of the molecule is CCC(C)Cc1nnc(S(=O)(=O)Cl)n1CCOC. The van der Waals surface area contributed by atoms with Crippen LogP contribution < -0.4 is 0 Å². The topological polar surface area (TPSA) is 74.1 Å². The maximum atomic E-state index is 11.4. The van der Waals surface area contributed by atoms with Crippen LogP contribution in [-0.2, 0) is 26.8 Å². The first kappa shape index (κ1) is 15.4. The van der Waals surface area contributed by atoms with E-state index in [-0.39, 0.29) is 5.16 Å². The minimum atomic E-state index is -3.88. The van der Waals surface area contributed by atoms with Crippen LogP contribution in [0.25, 0.3) is 0 Å². The second kappa shape index (κ2) is 6.49. The summed E-state index contributed by atoms with van der Waals surface area (Å²) in [6, 6.07) is 0. The molecule has 1 rings (SSSR count). The van der Waals surface area contributed by atoms with Crippen molar-refractivity contribution in [2.75, 3.05) is 13.7 Å². The van der Waals surface area contributed by atoms with E-state index in [1.54, 1.807) is 7.11 Å². The molecular weight excluding hydrogens is 278 g/mol. The summed E-state index contributed by atoms with van der Waals surface area (Å²) in [5.74, 6) is 1.03. The molecular formula is C10H18ClN3O3S. The molecule has 1 unspecified atom stereocenters. The summed E-state index contributed by atoms with van der Waals surface area (Å²) in [6.45, 7) is 4.89. The van der Waals surface area contributed by atoms with Gasteiger partial charge in [0.2, 0.25) is 0 Å². The highest BCUT2D eigenvalue weighted by atomic mass is 35.7. The maximum absolute atomic E-state index is 11.4. The Hall–Kier alpha value is -0.660. The van der Waals surface area contributed by atoms with Crippen molar-refractivity contribution in [3.63, 3.8) is 0 Å². The van der Waals surface area contributed by atoms with E-state index >= 15 is 0 Å². The quantitative estimate of drug-likeness (QED) is 0.712. The average Bonchev–Trinajstić information content (AvgIpc) is 2.68. The smallest absolute Gasteiger partial charge is 0.296 e. The molecule has 104 valence electrons. The Morgan fingerprint density at radius 2 is 2.11 bits per heavy atom. The molecule has 0 amide bonds. The first-order valence-electron chi connectivity index (χ1n) is 5.75. The van der Waals surface area contributed by atoms with E-state index in [1.807, 2.05) is 0 Å². The lowest BCUT2D eigenvalue weighted by molar-refractivity contribution is 0.183. The third-order valence-corrected chi connectivity index (χ3v) is 3.91. The fourth-order valence-corrected chi connectivity index (χ4v) is 2.45. The minimum absolute atomic E-state index is 0.209. The molecule has 0 bridgehead atoms. The second-order valence-corrected chi connectivity index (χ2v) is 6.66. The Bertz CT molecular complexity index is 487. The van der Waals surface area contributed by atoms with Gasteiger partial charge < -0.3 is 4.74 Å². The summed E-state index contributed by atoms with van der Waals surface area (Å²) in [5.41, 5.74) is 0. The first-order valence-corrected chi connectivity index (χ1v) is 8.06. The zero-order valence-electron chi connectivity index (χ0n) is 10.8. The molecule has 0 saturated heterocycles. The van der Waals surface area contributed by atoms with Crippen molar-refractivity contribution in [2.24, 2.45) is 5.92 Å². The molecule has 0 fully saturated rings. The van der Waals surface area contributed by atoms with Gasteiger partial charge in [-0.25, -0.2) is 8.42 Å². The summed E-state index contributed by atoms with van der Waals surface area (Å²) in [7, 11) is 3.00. The van der Waals surface area contributed by atoms with Crippen molar-refractivity contribution >= 4 is 19.7 Å². The van der Waals surface area contributed by atoms with Crippen LogP contribution in [-0.4, -0.2) is 36.9 Å². The van der Waals surface area contributed by atoms with Crippen LogP contribution in [0.1, 0.15) is 26.1 Å². The van der Waals surface area contributed by atoms with E-state index < -0.39 is 9.05 Å². The Kier molecular flexibility index (Phi) is 5.55. The number of hydrogen-bond donors (Lipinski definition) is 0. The van der Waals surface area contributed by atoms with Crippen LogP contribution in [0.15, 0.2) is 5.16 Å². The number of aromatic nitrogens is 3. The van der Waals surface area contributed by atoms with E-state index in [0.717, 1.165) is 6.42 Å².